The molecule has 2 N–H and O–H groups in total. The fourth-order valence-corrected chi connectivity index (χ4v) is 7.45. The van der Waals surface area contributed by atoms with Crippen molar-refractivity contribution in [2.24, 2.45) is 17.8 Å². The molecule has 2 heterocycles. The van der Waals surface area contributed by atoms with E-state index in [0.29, 0.717) is 24.4 Å². The molecule has 4 aliphatic carbocycles. The lowest BCUT2D eigenvalue weighted by molar-refractivity contribution is -0.131. The van der Waals surface area contributed by atoms with Gasteiger partial charge in [-0.25, -0.2) is 0 Å². The van der Waals surface area contributed by atoms with Gasteiger partial charge in [0.25, 0.3) is 0 Å². The Balaban J connectivity index is 1.23. The van der Waals surface area contributed by atoms with Crippen LogP contribution in [0.4, 0.5) is 0 Å². The normalized spacial score (nSPS) is 38.9. The van der Waals surface area contributed by atoms with Crippen molar-refractivity contribution in [3.8, 4) is 12.1 Å². The number of hydrogen-bond donors (Lipinski definition) is 2. The molecule has 7 heteroatoms. The molecule has 166 valence electrons. The van der Waals surface area contributed by atoms with E-state index in [4.69, 9.17) is 0 Å². The van der Waals surface area contributed by atoms with Gasteiger partial charge in [-0.1, -0.05) is 0 Å². The number of hydrogen-bond acceptors (Lipinski definition) is 6. The van der Waals surface area contributed by atoms with E-state index in [1.54, 1.807) is 11.0 Å². The predicted molar refractivity (Wildman–Crippen MR) is 116 cm³/mol. The molecule has 3 atom stereocenters. The fourth-order valence-electron chi connectivity index (χ4n) is 7.45. The van der Waals surface area contributed by atoms with Crippen molar-refractivity contribution >= 4 is 5.91 Å². The first-order valence-electron chi connectivity index (χ1n) is 12.2. The number of carbonyl (C=O) groups is 1. The van der Waals surface area contributed by atoms with Gasteiger partial charge in [0.05, 0.1) is 24.8 Å². The van der Waals surface area contributed by atoms with Gasteiger partial charge in [0.1, 0.15) is 11.9 Å². The molecule has 4 bridgehead atoms. The van der Waals surface area contributed by atoms with E-state index in [-0.39, 0.29) is 17.5 Å². The van der Waals surface area contributed by atoms with Gasteiger partial charge in [0.15, 0.2) is 0 Å². The Kier molecular flexibility index (Phi) is 5.56. The molecule has 2 aliphatic heterocycles. The van der Waals surface area contributed by atoms with Crippen LogP contribution >= 0.6 is 0 Å². The van der Waals surface area contributed by atoms with Gasteiger partial charge in [0.2, 0.25) is 5.91 Å². The Hall–Kier alpha value is -2.25. The molecule has 6 rings (SSSR count). The number of nitrogens with one attached hydrogen (secondary N) is 2. The molecule has 6 aliphatic rings. The highest BCUT2D eigenvalue weighted by Crippen LogP contribution is 2.56. The Morgan fingerprint density at radius 3 is 2.48 bits per heavy atom. The maximum Gasteiger partial charge on any atom is 0.237 e. The van der Waals surface area contributed by atoms with Crippen LogP contribution in [0.25, 0.3) is 0 Å². The van der Waals surface area contributed by atoms with E-state index in [2.05, 4.69) is 27.7 Å². The van der Waals surface area contributed by atoms with Crippen molar-refractivity contribution in [2.75, 3.05) is 26.2 Å². The van der Waals surface area contributed by atoms with Gasteiger partial charge < -0.3 is 20.4 Å². The fraction of sp³-hybridized carbons (Fsp3) is 0.792. The average molecular weight is 423 g/mol. The van der Waals surface area contributed by atoms with Gasteiger partial charge in [-0.3, -0.25) is 4.79 Å². The van der Waals surface area contributed by atoms with Crippen molar-refractivity contribution in [3.63, 3.8) is 0 Å². The van der Waals surface area contributed by atoms with E-state index in [1.807, 2.05) is 0 Å². The SMILES string of the molecule is N#CC=C(NC1C2CC3CC1CC(NCC(=O)N1CCC[C@H]1C#N)(C3)C2)N1CCCC1. The smallest absolute Gasteiger partial charge is 0.237 e. The van der Waals surface area contributed by atoms with Crippen LogP contribution in [0.5, 0.6) is 0 Å². The third-order valence-electron chi connectivity index (χ3n) is 8.57. The second-order valence-electron chi connectivity index (χ2n) is 10.5. The van der Waals surface area contributed by atoms with Crippen molar-refractivity contribution in [1.29, 1.82) is 10.5 Å². The monoisotopic (exact) mass is 422 g/mol. The van der Waals surface area contributed by atoms with Crippen LogP contribution in [0.2, 0.25) is 0 Å². The van der Waals surface area contributed by atoms with Crippen LogP contribution in [-0.4, -0.2) is 59.5 Å². The highest BCUT2D eigenvalue weighted by Gasteiger charge is 2.55. The van der Waals surface area contributed by atoms with Crippen molar-refractivity contribution in [1.82, 2.24) is 20.4 Å². The molecule has 0 spiro atoms. The van der Waals surface area contributed by atoms with Crippen LogP contribution < -0.4 is 10.6 Å². The van der Waals surface area contributed by atoms with Crippen LogP contribution in [-0.2, 0) is 4.79 Å². The lowest BCUT2D eigenvalue weighted by Crippen LogP contribution is -2.66. The van der Waals surface area contributed by atoms with Crippen LogP contribution in [0.1, 0.15) is 57.8 Å². The summed E-state index contributed by atoms with van der Waals surface area (Å²) in [5.41, 5.74) is 0.0684. The van der Waals surface area contributed by atoms with Crippen LogP contribution in [0, 0.1) is 40.4 Å². The number of rotatable bonds is 6. The molecule has 0 aromatic heterocycles. The number of nitrogens with zero attached hydrogens (tertiary/aromatic N) is 4. The predicted octanol–water partition coefficient (Wildman–Crippen LogP) is 2.09. The minimum atomic E-state index is -0.241. The molecule has 1 amide bonds. The summed E-state index contributed by atoms with van der Waals surface area (Å²) in [6, 6.07) is 4.73. The average Bonchev–Trinajstić information content (AvgIpc) is 3.45. The summed E-state index contributed by atoms with van der Waals surface area (Å²) in [5, 5.41) is 26.1. The molecule has 0 radical (unpaired) electrons. The molecule has 31 heavy (non-hydrogen) atoms. The van der Waals surface area contributed by atoms with E-state index in [0.717, 1.165) is 57.1 Å². The first-order chi connectivity index (χ1) is 15.1. The summed E-state index contributed by atoms with van der Waals surface area (Å²) in [4.78, 5) is 16.9. The van der Waals surface area contributed by atoms with Gasteiger partial charge in [-0.05, 0) is 75.5 Å². The quantitative estimate of drug-likeness (QED) is 0.637. The van der Waals surface area contributed by atoms with Crippen molar-refractivity contribution in [3.05, 3.63) is 11.9 Å². The number of likely N-dealkylation sites (tertiary alicyclic amines) is 2. The summed E-state index contributed by atoms with van der Waals surface area (Å²) in [5.74, 6) is 3.04. The van der Waals surface area contributed by atoms with E-state index < -0.39 is 0 Å². The maximum absolute atomic E-state index is 12.8. The summed E-state index contributed by atoms with van der Waals surface area (Å²) in [7, 11) is 0. The molecular weight excluding hydrogens is 388 g/mol. The number of nitriles is 2. The zero-order valence-corrected chi connectivity index (χ0v) is 18.4. The van der Waals surface area contributed by atoms with E-state index in [9.17, 15) is 15.3 Å². The lowest BCUT2D eigenvalue weighted by atomic mass is 9.51. The Morgan fingerprint density at radius 1 is 1.06 bits per heavy atom. The minimum absolute atomic E-state index is 0.0684. The van der Waals surface area contributed by atoms with Crippen LogP contribution in [0.15, 0.2) is 11.9 Å². The molecule has 7 nitrogen and oxygen atoms in total. The van der Waals surface area contributed by atoms with Crippen molar-refractivity contribution in [2.45, 2.75) is 75.4 Å². The first-order valence-corrected chi connectivity index (χ1v) is 12.2. The molecule has 2 saturated heterocycles. The first kappa shape index (κ1) is 20.6. The number of allylic oxidation sites excluding steroid dienone is 1. The summed E-state index contributed by atoms with van der Waals surface area (Å²) < 4.78 is 0. The Morgan fingerprint density at radius 2 is 1.81 bits per heavy atom. The van der Waals surface area contributed by atoms with Gasteiger partial charge in [-0.15, -0.1) is 0 Å². The second-order valence-corrected chi connectivity index (χ2v) is 10.5. The largest absolute Gasteiger partial charge is 0.368 e. The Bertz CT molecular complexity index is 803. The zero-order chi connectivity index (χ0) is 21.4. The lowest BCUT2D eigenvalue weighted by Gasteiger charge is -2.60. The molecule has 4 saturated carbocycles. The zero-order valence-electron chi connectivity index (χ0n) is 18.4. The number of carbonyl (C=O) groups excluding carboxylic acids is 1. The minimum Gasteiger partial charge on any atom is -0.368 e. The maximum atomic E-state index is 12.8. The molecule has 6 fully saturated rings. The summed E-state index contributed by atoms with van der Waals surface area (Å²) in [6.45, 7) is 3.16. The third-order valence-corrected chi connectivity index (χ3v) is 8.57. The summed E-state index contributed by atoms with van der Waals surface area (Å²) >= 11 is 0. The van der Waals surface area contributed by atoms with E-state index in [1.165, 1.54) is 32.1 Å². The van der Waals surface area contributed by atoms with Gasteiger partial charge >= 0.3 is 0 Å². The topological polar surface area (TPSA) is 95.2 Å². The van der Waals surface area contributed by atoms with Crippen LogP contribution in [0.3, 0.4) is 0 Å². The molecule has 0 aromatic carbocycles. The van der Waals surface area contributed by atoms with Gasteiger partial charge in [-0.2, -0.15) is 10.5 Å². The standard InChI is InChI=1S/C24H34N6O/c25-6-5-21(29-7-1-2-8-29)28-23-18-10-17-11-19(23)14-24(12-17,13-18)27-16-22(31)30-9-3-4-20(30)15-26/h5,17-20,23,27-28H,1-4,7-14,16H2/t17?,18?,19?,20-,23?,24?/m0/s1. The van der Waals surface area contributed by atoms with Crippen molar-refractivity contribution < 1.29 is 4.79 Å². The van der Waals surface area contributed by atoms with E-state index >= 15 is 0 Å². The Labute approximate surface area is 185 Å². The highest BCUT2D eigenvalue weighted by atomic mass is 16.2. The summed E-state index contributed by atoms with van der Waals surface area (Å²) in [6.07, 6.45) is 11.7. The molecule has 2 unspecified atom stereocenters. The highest BCUT2D eigenvalue weighted by molar-refractivity contribution is 5.79. The second kappa shape index (κ2) is 8.36. The third kappa shape index (κ3) is 3.89. The number of amides is 1. The molecule has 0 aromatic rings. The molecular formula is C24H34N6O. The van der Waals surface area contributed by atoms with Gasteiger partial charge in [0, 0.05) is 31.2 Å².